The second kappa shape index (κ2) is 12.5. The van der Waals surface area contributed by atoms with E-state index in [4.69, 9.17) is 17.0 Å². The Balaban J connectivity index is 1.15. The molecule has 2 aliphatic rings. The lowest BCUT2D eigenvalue weighted by molar-refractivity contribution is -0.122. The number of ether oxygens (including phenoxy) is 1. The molecule has 2 saturated heterocycles. The van der Waals surface area contributed by atoms with E-state index in [1.807, 2.05) is 18.2 Å². The van der Waals surface area contributed by atoms with Crippen molar-refractivity contribution in [2.45, 2.75) is 11.3 Å². The fourth-order valence-electron chi connectivity index (χ4n) is 4.13. The van der Waals surface area contributed by atoms with Crippen LogP contribution in [0.25, 0.3) is 0 Å². The molecule has 0 saturated carbocycles. The first kappa shape index (κ1) is 26.3. The SMILES string of the molecule is O=C(CCN1CCN(c2ccccc2)CC1)NNC(=S)Nc1ccc(S(=O)(=O)N2CCOCC2)cc1. The number of nitrogens with zero attached hydrogens (tertiary/aromatic N) is 3. The first-order valence-corrected chi connectivity index (χ1v) is 13.8. The molecule has 0 spiro atoms. The Morgan fingerprint density at radius 2 is 1.56 bits per heavy atom. The highest BCUT2D eigenvalue weighted by atomic mass is 32.2. The van der Waals surface area contributed by atoms with Gasteiger partial charge in [0, 0.05) is 63.6 Å². The molecular weight excluding hydrogens is 500 g/mol. The average Bonchev–Trinajstić information content (AvgIpc) is 2.92. The Morgan fingerprint density at radius 3 is 2.22 bits per heavy atom. The minimum absolute atomic E-state index is 0.156. The van der Waals surface area contributed by atoms with Crippen LogP contribution in [0.2, 0.25) is 0 Å². The number of nitrogens with one attached hydrogen (secondary N) is 3. The predicted octanol–water partition coefficient (Wildman–Crippen LogP) is 1.24. The monoisotopic (exact) mass is 532 g/mol. The summed E-state index contributed by atoms with van der Waals surface area (Å²) < 4.78 is 32.1. The van der Waals surface area contributed by atoms with Gasteiger partial charge in [0.2, 0.25) is 15.9 Å². The fourth-order valence-corrected chi connectivity index (χ4v) is 5.70. The molecule has 2 aliphatic heterocycles. The van der Waals surface area contributed by atoms with Crippen LogP contribution in [-0.4, -0.2) is 87.7 Å². The fraction of sp³-hybridized carbons (Fsp3) is 0.417. The Kier molecular flexibility index (Phi) is 9.10. The zero-order valence-electron chi connectivity index (χ0n) is 20.1. The van der Waals surface area contributed by atoms with Gasteiger partial charge in [0.25, 0.3) is 0 Å². The van der Waals surface area contributed by atoms with Crippen molar-refractivity contribution in [3.63, 3.8) is 0 Å². The third kappa shape index (κ3) is 7.14. The second-order valence-electron chi connectivity index (χ2n) is 8.58. The number of carbonyl (C=O) groups is 1. The average molecular weight is 533 g/mol. The maximum Gasteiger partial charge on any atom is 0.243 e. The molecule has 0 bridgehead atoms. The number of para-hydroxylation sites is 1. The zero-order valence-corrected chi connectivity index (χ0v) is 21.7. The van der Waals surface area contributed by atoms with Crippen LogP contribution in [0.5, 0.6) is 0 Å². The van der Waals surface area contributed by atoms with E-state index in [1.54, 1.807) is 12.1 Å². The predicted molar refractivity (Wildman–Crippen MR) is 143 cm³/mol. The minimum atomic E-state index is -3.55. The number of anilines is 2. The van der Waals surface area contributed by atoms with Crippen molar-refractivity contribution < 1.29 is 17.9 Å². The van der Waals surface area contributed by atoms with Gasteiger partial charge < -0.3 is 15.0 Å². The summed E-state index contributed by atoms with van der Waals surface area (Å²) in [5.74, 6) is -0.156. The third-order valence-electron chi connectivity index (χ3n) is 6.18. The molecule has 2 aromatic carbocycles. The lowest BCUT2D eigenvalue weighted by Gasteiger charge is -2.36. The minimum Gasteiger partial charge on any atom is -0.379 e. The molecule has 10 nitrogen and oxygen atoms in total. The first-order valence-electron chi connectivity index (χ1n) is 12.0. The molecule has 1 amide bonds. The second-order valence-corrected chi connectivity index (χ2v) is 10.9. The van der Waals surface area contributed by atoms with Crippen molar-refractivity contribution in [1.82, 2.24) is 20.1 Å². The van der Waals surface area contributed by atoms with Gasteiger partial charge in [0.15, 0.2) is 5.11 Å². The lowest BCUT2D eigenvalue weighted by Crippen LogP contribution is -2.48. The van der Waals surface area contributed by atoms with Crippen LogP contribution >= 0.6 is 12.2 Å². The van der Waals surface area contributed by atoms with E-state index in [9.17, 15) is 13.2 Å². The van der Waals surface area contributed by atoms with Crippen molar-refractivity contribution in [3.8, 4) is 0 Å². The van der Waals surface area contributed by atoms with Crippen LogP contribution in [0.4, 0.5) is 11.4 Å². The Bertz CT molecular complexity index is 1120. The Hall–Kier alpha value is -2.77. The van der Waals surface area contributed by atoms with E-state index in [0.29, 0.717) is 45.0 Å². The van der Waals surface area contributed by atoms with Gasteiger partial charge in [-0.2, -0.15) is 4.31 Å². The molecule has 2 fully saturated rings. The summed E-state index contributed by atoms with van der Waals surface area (Å²) in [7, 11) is -3.55. The van der Waals surface area contributed by atoms with Crippen molar-refractivity contribution in [2.75, 3.05) is 69.2 Å². The van der Waals surface area contributed by atoms with Gasteiger partial charge in [0.05, 0.1) is 18.1 Å². The molecule has 0 unspecified atom stereocenters. The number of thiocarbonyl (C=S) groups is 1. The molecule has 2 aromatic rings. The summed E-state index contributed by atoms with van der Waals surface area (Å²) in [5, 5.41) is 3.15. The van der Waals surface area contributed by atoms with Crippen molar-refractivity contribution in [1.29, 1.82) is 0 Å². The van der Waals surface area contributed by atoms with Gasteiger partial charge in [0.1, 0.15) is 0 Å². The molecule has 0 atom stereocenters. The van der Waals surface area contributed by atoms with Crippen LogP contribution in [0.1, 0.15) is 6.42 Å². The van der Waals surface area contributed by atoms with E-state index in [2.05, 4.69) is 38.1 Å². The quantitative estimate of drug-likeness (QED) is 0.359. The standard InChI is InChI=1S/C24H32N6O4S2/c31-23(10-11-28-12-14-29(15-13-28)21-4-2-1-3-5-21)26-27-24(35)25-20-6-8-22(9-7-20)36(32,33)30-16-18-34-19-17-30/h1-9H,10-19H2,(H,26,31)(H2,25,27,35). The third-order valence-corrected chi connectivity index (χ3v) is 8.30. The van der Waals surface area contributed by atoms with Gasteiger partial charge in [-0.25, -0.2) is 8.42 Å². The summed E-state index contributed by atoms with van der Waals surface area (Å²) >= 11 is 5.24. The van der Waals surface area contributed by atoms with Crippen LogP contribution < -0.4 is 21.1 Å². The van der Waals surface area contributed by atoms with Gasteiger partial charge in [-0.05, 0) is 48.6 Å². The van der Waals surface area contributed by atoms with Crippen molar-refractivity contribution >= 4 is 44.6 Å². The molecule has 0 radical (unpaired) electrons. The van der Waals surface area contributed by atoms with Crippen LogP contribution in [0, 0.1) is 0 Å². The van der Waals surface area contributed by atoms with Gasteiger partial charge in [-0.1, -0.05) is 18.2 Å². The highest BCUT2D eigenvalue weighted by Gasteiger charge is 2.26. The molecular formula is C24H32N6O4S2. The topological polar surface area (TPSA) is 106 Å². The maximum absolute atomic E-state index is 12.7. The molecule has 0 aliphatic carbocycles. The normalized spacial score (nSPS) is 17.4. The number of hydrogen-bond donors (Lipinski definition) is 3. The molecule has 194 valence electrons. The molecule has 3 N–H and O–H groups in total. The van der Waals surface area contributed by atoms with Crippen LogP contribution in [0.15, 0.2) is 59.5 Å². The lowest BCUT2D eigenvalue weighted by atomic mass is 10.2. The summed E-state index contributed by atoms with van der Waals surface area (Å²) in [5.41, 5.74) is 7.15. The summed E-state index contributed by atoms with van der Waals surface area (Å²) in [6.07, 6.45) is 0.356. The number of piperazine rings is 1. The van der Waals surface area contributed by atoms with E-state index in [1.165, 1.54) is 22.1 Å². The van der Waals surface area contributed by atoms with E-state index in [0.717, 1.165) is 26.2 Å². The highest BCUT2D eigenvalue weighted by molar-refractivity contribution is 7.89. The number of hydrogen-bond acceptors (Lipinski definition) is 7. The summed E-state index contributed by atoms with van der Waals surface area (Å²) in [6.45, 7) is 5.86. The van der Waals surface area contributed by atoms with E-state index < -0.39 is 10.0 Å². The number of morpholine rings is 1. The van der Waals surface area contributed by atoms with Crippen molar-refractivity contribution in [3.05, 3.63) is 54.6 Å². The van der Waals surface area contributed by atoms with Gasteiger partial charge in [-0.15, -0.1) is 0 Å². The Labute approximate surface area is 217 Å². The summed E-state index contributed by atoms with van der Waals surface area (Å²) in [4.78, 5) is 17.1. The largest absolute Gasteiger partial charge is 0.379 e. The summed E-state index contributed by atoms with van der Waals surface area (Å²) in [6, 6.07) is 16.7. The van der Waals surface area contributed by atoms with Crippen LogP contribution in [0.3, 0.4) is 0 Å². The smallest absolute Gasteiger partial charge is 0.243 e. The molecule has 2 heterocycles. The highest BCUT2D eigenvalue weighted by Crippen LogP contribution is 2.19. The molecule has 12 heteroatoms. The molecule has 36 heavy (non-hydrogen) atoms. The molecule has 0 aromatic heterocycles. The number of rotatable bonds is 7. The zero-order chi connectivity index (χ0) is 25.4. The van der Waals surface area contributed by atoms with Crippen LogP contribution in [-0.2, 0) is 19.6 Å². The van der Waals surface area contributed by atoms with Gasteiger partial charge >= 0.3 is 0 Å². The first-order chi connectivity index (χ1) is 17.4. The number of benzene rings is 2. The Morgan fingerprint density at radius 1 is 0.889 bits per heavy atom. The number of hydrazine groups is 1. The molecule has 4 rings (SSSR count). The number of sulfonamides is 1. The van der Waals surface area contributed by atoms with Gasteiger partial charge in [-0.3, -0.25) is 20.5 Å². The number of amides is 1. The van der Waals surface area contributed by atoms with E-state index >= 15 is 0 Å². The van der Waals surface area contributed by atoms with Crippen molar-refractivity contribution in [2.24, 2.45) is 0 Å². The van der Waals surface area contributed by atoms with E-state index in [-0.39, 0.29) is 15.9 Å². The number of carbonyl (C=O) groups excluding carboxylic acids is 1. The maximum atomic E-state index is 12.7.